The lowest BCUT2D eigenvalue weighted by atomic mass is 9.70. The van der Waals surface area contributed by atoms with Crippen LogP contribution in [0.25, 0.3) is 94.6 Å². The molecule has 2 aliphatic carbocycles. The van der Waals surface area contributed by atoms with Gasteiger partial charge in [-0.25, -0.2) is 19.8 Å². The summed E-state index contributed by atoms with van der Waals surface area (Å²) in [5.41, 5.74) is 18.8. The maximum atomic E-state index is 8.32. The summed E-state index contributed by atoms with van der Waals surface area (Å²) >= 11 is 0. The van der Waals surface area contributed by atoms with Crippen LogP contribution in [0, 0.1) is 6.57 Å². The predicted molar refractivity (Wildman–Crippen MR) is 255 cm³/mol. The normalized spacial score (nSPS) is 12.6. The summed E-state index contributed by atoms with van der Waals surface area (Å²) in [6, 6.07) is 76.7. The molecule has 0 radical (unpaired) electrons. The Morgan fingerprint density at radius 1 is 0.302 bits per heavy atom. The van der Waals surface area contributed by atoms with E-state index in [9.17, 15) is 0 Å². The van der Waals surface area contributed by atoms with Gasteiger partial charge < -0.3 is 0 Å². The third kappa shape index (κ3) is 5.79. The largest absolute Gasteiger partial charge is 0.238 e. The molecule has 1 spiro atoms. The molecule has 0 fully saturated rings. The summed E-state index contributed by atoms with van der Waals surface area (Å²) in [6.07, 6.45) is 0. The number of nitrogens with zero attached hydrogens (tertiary/aromatic N) is 4. The Kier molecular flexibility index (Phi) is 8.42. The third-order valence-corrected chi connectivity index (χ3v) is 12.7. The van der Waals surface area contributed by atoms with Gasteiger partial charge >= 0.3 is 0 Å². The van der Waals surface area contributed by atoms with Crippen molar-refractivity contribution in [2.45, 2.75) is 5.41 Å². The average molecular weight is 801 g/mol. The Labute approximate surface area is 366 Å². The first-order chi connectivity index (χ1) is 31.2. The highest BCUT2D eigenvalue weighted by molar-refractivity contribution is 6.00. The fraction of sp³-hybridized carbons (Fsp3) is 0.0169. The Morgan fingerprint density at radius 2 is 0.730 bits per heavy atom. The predicted octanol–water partition coefficient (Wildman–Crippen LogP) is 14.8. The van der Waals surface area contributed by atoms with E-state index in [1.165, 1.54) is 27.8 Å². The van der Waals surface area contributed by atoms with Crippen molar-refractivity contribution in [1.29, 1.82) is 0 Å². The van der Waals surface area contributed by atoms with Crippen LogP contribution in [0.3, 0.4) is 0 Å². The van der Waals surface area contributed by atoms with Crippen molar-refractivity contribution in [1.82, 2.24) is 15.0 Å². The number of aromatic nitrogens is 3. The van der Waals surface area contributed by atoms with E-state index in [1.807, 2.05) is 54.6 Å². The van der Waals surface area contributed by atoms with E-state index >= 15 is 0 Å². The standard InChI is InChI=1S/C59H36N4/c1-60-54-30-16-29-53-55(54)49-37-42(31-32-52(49)59(53)50-27-13-11-25-47(50)48-26-12-14-28-51(48)59)41-23-15-24-43(33-41)57-61-56(40-21-9-4-10-22-40)62-58(63-57)46-35-44(38-17-5-2-6-18-38)34-45(36-46)39-19-7-3-8-20-39/h2-37H. The summed E-state index contributed by atoms with van der Waals surface area (Å²) in [5, 5.41) is 0. The summed E-state index contributed by atoms with van der Waals surface area (Å²) < 4.78 is 0. The molecule has 4 heteroatoms. The van der Waals surface area contributed by atoms with Gasteiger partial charge in [0.15, 0.2) is 23.2 Å². The van der Waals surface area contributed by atoms with Crippen molar-refractivity contribution in [2.24, 2.45) is 0 Å². The second-order valence-electron chi connectivity index (χ2n) is 16.2. The number of fused-ring (bicyclic) bond motifs is 10. The van der Waals surface area contributed by atoms with Gasteiger partial charge in [-0.05, 0) is 108 Å². The van der Waals surface area contributed by atoms with Crippen molar-refractivity contribution >= 4 is 5.69 Å². The molecule has 0 atom stereocenters. The van der Waals surface area contributed by atoms with Gasteiger partial charge in [-0.2, -0.15) is 0 Å². The van der Waals surface area contributed by atoms with Crippen LogP contribution in [-0.4, -0.2) is 15.0 Å². The summed E-state index contributed by atoms with van der Waals surface area (Å²) in [6.45, 7) is 8.32. The minimum atomic E-state index is -0.522. The van der Waals surface area contributed by atoms with Crippen molar-refractivity contribution in [3.05, 3.63) is 252 Å². The van der Waals surface area contributed by atoms with Gasteiger partial charge in [0.1, 0.15) is 0 Å². The van der Waals surface area contributed by atoms with Gasteiger partial charge in [-0.1, -0.05) is 188 Å². The maximum absolute atomic E-state index is 8.32. The third-order valence-electron chi connectivity index (χ3n) is 12.7. The van der Waals surface area contributed by atoms with Crippen molar-refractivity contribution in [2.75, 3.05) is 0 Å². The van der Waals surface area contributed by atoms with Gasteiger partial charge in [0.2, 0.25) is 0 Å². The van der Waals surface area contributed by atoms with Crippen molar-refractivity contribution < 1.29 is 0 Å². The SMILES string of the molecule is [C-]#[N+]c1cccc2c1-c1cc(-c3cccc(-c4nc(-c5ccccc5)nc(-c5cc(-c6ccccc6)cc(-c6ccccc6)c5)n4)c3)ccc1C21c2ccccc2-c2ccccc21. The first kappa shape index (κ1) is 36.3. The molecule has 4 nitrogen and oxygen atoms in total. The molecule has 0 N–H and O–H groups in total. The first-order valence-corrected chi connectivity index (χ1v) is 21.2. The summed E-state index contributed by atoms with van der Waals surface area (Å²) in [4.78, 5) is 19.6. The van der Waals surface area contributed by atoms with Crippen LogP contribution in [-0.2, 0) is 5.41 Å². The van der Waals surface area contributed by atoms with Gasteiger partial charge in [0, 0.05) is 16.7 Å². The lowest BCUT2D eigenvalue weighted by Gasteiger charge is -2.30. The molecular weight excluding hydrogens is 765 g/mol. The molecule has 292 valence electrons. The number of rotatable bonds is 6. The molecule has 0 unspecified atom stereocenters. The van der Waals surface area contributed by atoms with Crippen LogP contribution in [0.1, 0.15) is 22.3 Å². The fourth-order valence-electron chi connectivity index (χ4n) is 9.99. The van der Waals surface area contributed by atoms with Crippen molar-refractivity contribution in [3.8, 4) is 89.8 Å². The van der Waals surface area contributed by atoms with E-state index in [0.717, 1.165) is 66.8 Å². The van der Waals surface area contributed by atoms with Crippen LogP contribution in [0.4, 0.5) is 5.69 Å². The Balaban J connectivity index is 1.02. The smallest absolute Gasteiger partial charge is 0.195 e. The first-order valence-electron chi connectivity index (χ1n) is 21.2. The van der Waals surface area contributed by atoms with E-state index in [0.29, 0.717) is 23.2 Å². The van der Waals surface area contributed by atoms with Gasteiger partial charge in [-0.15, -0.1) is 0 Å². The highest BCUT2D eigenvalue weighted by Gasteiger charge is 2.52. The van der Waals surface area contributed by atoms with E-state index < -0.39 is 5.41 Å². The van der Waals surface area contributed by atoms with Crippen molar-refractivity contribution in [3.63, 3.8) is 0 Å². The molecule has 10 aromatic rings. The molecule has 1 heterocycles. The second-order valence-corrected chi connectivity index (χ2v) is 16.2. The quantitative estimate of drug-likeness (QED) is 0.157. The van der Waals surface area contributed by atoms with E-state index in [-0.39, 0.29) is 0 Å². The topological polar surface area (TPSA) is 43.0 Å². The van der Waals surface area contributed by atoms with Gasteiger partial charge in [-0.3, -0.25) is 0 Å². The molecule has 0 amide bonds. The zero-order chi connectivity index (χ0) is 41.9. The number of hydrogen-bond acceptors (Lipinski definition) is 3. The van der Waals surface area contributed by atoms with Gasteiger partial charge in [0.05, 0.1) is 12.0 Å². The molecule has 9 aromatic carbocycles. The maximum Gasteiger partial charge on any atom is 0.195 e. The van der Waals surface area contributed by atoms with E-state index in [4.69, 9.17) is 21.5 Å². The molecule has 0 saturated carbocycles. The fourth-order valence-corrected chi connectivity index (χ4v) is 9.99. The van der Waals surface area contributed by atoms with Crippen LogP contribution in [0.15, 0.2) is 218 Å². The van der Waals surface area contributed by atoms with Crippen LogP contribution < -0.4 is 0 Å². The Morgan fingerprint density at radius 3 is 1.35 bits per heavy atom. The highest BCUT2D eigenvalue weighted by Crippen LogP contribution is 2.64. The molecular formula is C59H36N4. The number of benzene rings is 9. The highest BCUT2D eigenvalue weighted by atomic mass is 15.0. The molecule has 0 saturated heterocycles. The summed E-state index contributed by atoms with van der Waals surface area (Å²) in [5.74, 6) is 1.80. The summed E-state index contributed by atoms with van der Waals surface area (Å²) in [7, 11) is 0. The Hall–Kier alpha value is -8.52. The van der Waals surface area contributed by atoms with Gasteiger partial charge in [0.25, 0.3) is 0 Å². The number of hydrogen-bond donors (Lipinski definition) is 0. The molecule has 2 aliphatic rings. The molecule has 1 aromatic heterocycles. The van der Waals surface area contributed by atoms with Crippen LogP contribution in [0.2, 0.25) is 0 Å². The van der Waals surface area contributed by atoms with Crippen LogP contribution in [0.5, 0.6) is 0 Å². The van der Waals surface area contributed by atoms with E-state index in [1.54, 1.807) is 0 Å². The minimum absolute atomic E-state index is 0.522. The molecule has 0 aliphatic heterocycles. The monoisotopic (exact) mass is 800 g/mol. The zero-order valence-corrected chi connectivity index (χ0v) is 34.1. The molecule has 0 bridgehead atoms. The van der Waals surface area contributed by atoms with E-state index in [2.05, 4.69) is 169 Å². The zero-order valence-electron chi connectivity index (χ0n) is 34.1. The molecule has 63 heavy (non-hydrogen) atoms. The molecule has 12 rings (SSSR count). The minimum Gasteiger partial charge on any atom is -0.238 e. The lowest BCUT2D eigenvalue weighted by Crippen LogP contribution is -2.25. The lowest BCUT2D eigenvalue weighted by molar-refractivity contribution is 0.794. The van der Waals surface area contributed by atoms with Crippen LogP contribution >= 0.6 is 0 Å². The second kappa shape index (κ2) is 14.6. The Bertz CT molecular complexity index is 3360. The average Bonchev–Trinajstić information content (AvgIpc) is 3.84.